The quantitative estimate of drug-likeness (QED) is 0.867. The fourth-order valence-corrected chi connectivity index (χ4v) is 2.20. The van der Waals surface area contributed by atoms with Gasteiger partial charge in [-0.2, -0.15) is 0 Å². The number of nitrogens with two attached hydrogens (primary N) is 1. The molecule has 0 aliphatic rings. The van der Waals surface area contributed by atoms with Gasteiger partial charge in [-0.25, -0.2) is 9.18 Å². The Balaban J connectivity index is 2.06. The maximum atomic E-state index is 13.1. The zero-order valence-electron chi connectivity index (χ0n) is 9.77. The van der Waals surface area contributed by atoms with Gasteiger partial charge in [0, 0.05) is 0 Å². The van der Waals surface area contributed by atoms with Gasteiger partial charge in [0.15, 0.2) is 0 Å². The van der Waals surface area contributed by atoms with E-state index in [9.17, 15) is 9.18 Å². The van der Waals surface area contributed by atoms with Crippen LogP contribution in [0.1, 0.15) is 20.8 Å². The van der Waals surface area contributed by atoms with Gasteiger partial charge in [0.2, 0.25) is 0 Å². The van der Waals surface area contributed by atoms with Gasteiger partial charge >= 0.3 is 5.97 Å². The molecule has 1 aromatic heterocycles. The monoisotopic (exact) mass is 265 g/mol. The molecule has 0 bridgehead atoms. The van der Waals surface area contributed by atoms with Crippen LogP contribution < -0.4 is 5.73 Å². The summed E-state index contributed by atoms with van der Waals surface area (Å²) in [5.74, 6) is -0.826. The van der Waals surface area contributed by atoms with E-state index in [0.717, 1.165) is 5.56 Å². The Morgan fingerprint density at radius 3 is 2.89 bits per heavy atom. The van der Waals surface area contributed by atoms with E-state index < -0.39 is 5.97 Å². The lowest BCUT2D eigenvalue weighted by molar-refractivity contribution is 0.0478. The summed E-state index contributed by atoms with van der Waals surface area (Å²) in [6, 6.07) is 6.03. The molecule has 2 aromatic rings. The van der Waals surface area contributed by atoms with Crippen molar-refractivity contribution in [1.82, 2.24) is 0 Å². The van der Waals surface area contributed by atoms with Gasteiger partial charge < -0.3 is 10.5 Å². The average molecular weight is 265 g/mol. The minimum Gasteiger partial charge on any atom is -0.457 e. The Bertz CT molecular complexity index is 580. The lowest BCUT2D eigenvalue weighted by Crippen LogP contribution is -2.06. The van der Waals surface area contributed by atoms with E-state index >= 15 is 0 Å². The Morgan fingerprint density at radius 2 is 2.22 bits per heavy atom. The SMILES string of the molecule is Cc1ccc(F)cc1COC(=O)c1sccc1N. The third-order valence-electron chi connectivity index (χ3n) is 2.55. The molecule has 94 valence electrons. The maximum Gasteiger partial charge on any atom is 0.350 e. The van der Waals surface area contributed by atoms with E-state index in [4.69, 9.17) is 10.5 Å². The van der Waals surface area contributed by atoms with Gasteiger partial charge in [0.25, 0.3) is 0 Å². The summed E-state index contributed by atoms with van der Waals surface area (Å²) in [5, 5.41) is 1.72. The zero-order valence-corrected chi connectivity index (χ0v) is 10.6. The molecule has 0 saturated carbocycles. The van der Waals surface area contributed by atoms with Gasteiger partial charge in [-0.15, -0.1) is 11.3 Å². The van der Waals surface area contributed by atoms with Crippen molar-refractivity contribution in [2.24, 2.45) is 0 Å². The van der Waals surface area contributed by atoms with Crippen molar-refractivity contribution in [3.05, 3.63) is 51.5 Å². The third kappa shape index (κ3) is 2.68. The van der Waals surface area contributed by atoms with Crippen LogP contribution in [0.2, 0.25) is 0 Å². The van der Waals surface area contributed by atoms with Crippen molar-refractivity contribution in [3.63, 3.8) is 0 Å². The average Bonchev–Trinajstić information content (AvgIpc) is 2.76. The zero-order chi connectivity index (χ0) is 13.1. The van der Waals surface area contributed by atoms with Crippen LogP contribution >= 0.6 is 11.3 Å². The first-order valence-corrected chi connectivity index (χ1v) is 6.21. The van der Waals surface area contributed by atoms with Crippen LogP contribution in [0, 0.1) is 12.7 Å². The lowest BCUT2D eigenvalue weighted by atomic mass is 10.1. The maximum absolute atomic E-state index is 13.1. The van der Waals surface area contributed by atoms with Gasteiger partial charge in [-0.3, -0.25) is 0 Å². The fraction of sp³-hybridized carbons (Fsp3) is 0.154. The Kier molecular flexibility index (Phi) is 3.62. The largest absolute Gasteiger partial charge is 0.457 e. The third-order valence-corrected chi connectivity index (χ3v) is 3.46. The minimum absolute atomic E-state index is 0.0414. The molecule has 0 fully saturated rings. The molecule has 0 aliphatic carbocycles. The summed E-state index contributed by atoms with van der Waals surface area (Å²) in [6.07, 6.45) is 0. The van der Waals surface area contributed by atoms with Crippen molar-refractivity contribution in [2.75, 3.05) is 5.73 Å². The Labute approximate surface area is 108 Å². The van der Waals surface area contributed by atoms with Gasteiger partial charge in [0.05, 0.1) is 5.69 Å². The molecular formula is C13H12FNO2S. The molecule has 2 N–H and O–H groups in total. The van der Waals surface area contributed by atoms with Crippen molar-refractivity contribution in [1.29, 1.82) is 0 Å². The first-order valence-electron chi connectivity index (χ1n) is 5.33. The standard InChI is InChI=1S/C13H12FNO2S/c1-8-2-3-10(14)6-9(8)7-17-13(16)12-11(15)4-5-18-12/h2-6H,7,15H2,1H3. The normalized spacial score (nSPS) is 10.3. The predicted octanol–water partition coefficient (Wildman–Crippen LogP) is 3.13. The highest BCUT2D eigenvalue weighted by atomic mass is 32.1. The minimum atomic E-state index is -0.480. The molecule has 5 heteroatoms. The van der Waals surface area contributed by atoms with Crippen LogP contribution in [-0.2, 0) is 11.3 Å². The number of ether oxygens (including phenoxy) is 1. The summed E-state index contributed by atoms with van der Waals surface area (Å²) in [4.78, 5) is 12.1. The van der Waals surface area contributed by atoms with Crippen molar-refractivity contribution in [3.8, 4) is 0 Å². The van der Waals surface area contributed by atoms with E-state index in [1.165, 1.54) is 23.5 Å². The van der Waals surface area contributed by atoms with Crippen LogP contribution in [0.5, 0.6) is 0 Å². The van der Waals surface area contributed by atoms with Crippen molar-refractivity contribution in [2.45, 2.75) is 13.5 Å². The molecule has 2 rings (SSSR count). The molecule has 0 atom stereocenters. The summed E-state index contributed by atoms with van der Waals surface area (Å²) < 4.78 is 18.2. The highest BCUT2D eigenvalue weighted by molar-refractivity contribution is 7.12. The highest BCUT2D eigenvalue weighted by Crippen LogP contribution is 2.20. The number of nitrogen functional groups attached to an aromatic ring is 1. The molecule has 1 aromatic carbocycles. The van der Waals surface area contributed by atoms with Crippen molar-refractivity contribution < 1.29 is 13.9 Å². The van der Waals surface area contributed by atoms with E-state index in [1.54, 1.807) is 17.5 Å². The Hall–Kier alpha value is -1.88. The number of carbonyl (C=O) groups is 1. The molecule has 0 aliphatic heterocycles. The molecule has 0 spiro atoms. The van der Waals surface area contributed by atoms with E-state index in [2.05, 4.69) is 0 Å². The number of halogens is 1. The first-order chi connectivity index (χ1) is 8.58. The van der Waals surface area contributed by atoms with E-state index in [-0.39, 0.29) is 12.4 Å². The summed E-state index contributed by atoms with van der Waals surface area (Å²) >= 11 is 1.23. The van der Waals surface area contributed by atoms with E-state index in [1.807, 2.05) is 6.92 Å². The van der Waals surface area contributed by atoms with Gasteiger partial charge in [-0.05, 0) is 41.6 Å². The number of carbonyl (C=O) groups excluding carboxylic acids is 1. The molecule has 0 radical (unpaired) electrons. The summed E-state index contributed by atoms with van der Waals surface area (Å²) in [5.41, 5.74) is 7.55. The molecule has 0 unspecified atom stereocenters. The number of rotatable bonds is 3. The second kappa shape index (κ2) is 5.18. The molecular weight excluding hydrogens is 253 g/mol. The van der Waals surface area contributed by atoms with Crippen LogP contribution in [-0.4, -0.2) is 5.97 Å². The number of hydrogen-bond acceptors (Lipinski definition) is 4. The van der Waals surface area contributed by atoms with Crippen LogP contribution in [0.15, 0.2) is 29.6 Å². The van der Waals surface area contributed by atoms with Gasteiger partial charge in [-0.1, -0.05) is 6.07 Å². The van der Waals surface area contributed by atoms with Gasteiger partial charge in [0.1, 0.15) is 17.3 Å². The van der Waals surface area contributed by atoms with E-state index in [0.29, 0.717) is 16.1 Å². The predicted molar refractivity (Wildman–Crippen MR) is 69.0 cm³/mol. The second-order valence-electron chi connectivity index (χ2n) is 3.85. The number of esters is 1. The van der Waals surface area contributed by atoms with Crippen molar-refractivity contribution >= 4 is 23.0 Å². The molecule has 1 heterocycles. The topological polar surface area (TPSA) is 52.3 Å². The fourth-order valence-electron chi connectivity index (χ4n) is 1.49. The lowest BCUT2D eigenvalue weighted by Gasteiger charge is -2.07. The van der Waals surface area contributed by atoms with Crippen LogP contribution in [0.4, 0.5) is 10.1 Å². The molecule has 18 heavy (non-hydrogen) atoms. The highest BCUT2D eigenvalue weighted by Gasteiger charge is 2.13. The molecule has 0 amide bonds. The number of benzene rings is 1. The molecule has 3 nitrogen and oxygen atoms in total. The second-order valence-corrected chi connectivity index (χ2v) is 4.77. The number of thiophene rings is 1. The first kappa shape index (κ1) is 12.6. The van der Waals surface area contributed by atoms with Crippen LogP contribution in [0.25, 0.3) is 0 Å². The smallest absolute Gasteiger partial charge is 0.350 e. The number of hydrogen-bond donors (Lipinski definition) is 1. The number of aryl methyl sites for hydroxylation is 1. The number of anilines is 1. The molecule has 0 saturated heterocycles. The summed E-state index contributed by atoms with van der Waals surface area (Å²) in [7, 11) is 0. The van der Waals surface area contributed by atoms with Crippen LogP contribution in [0.3, 0.4) is 0 Å². The summed E-state index contributed by atoms with van der Waals surface area (Å²) in [6.45, 7) is 1.88. The Morgan fingerprint density at radius 1 is 1.44 bits per heavy atom.